The Balaban J connectivity index is 0.898. The largest absolute Gasteiger partial charge is 0.309 e. The molecule has 1 aliphatic carbocycles. The standard InChI is InChI=1S/C66H46N4/c1-66(2)59-25-11-9-21-55(59)56-40-37-51(42-60(56)66)50-19-13-20-52(41-50)54-23-14-24-58-57-22-10-12-26-61(57)70(62(54)58)53-38-35-49(36-39-53)65-68-63(47-31-27-45(28-32-47)43-15-5-3-6-16-43)67-64(69-65)48-33-29-46(30-34-48)44-17-7-4-8-18-44/h3-42H,1-2H3. The van der Waals surface area contributed by atoms with Gasteiger partial charge in [0.25, 0.3) is 0 Å². The third-order valence-electron chi connectivity index (χ3n) is 14.3. The van der Waals surface area contributed by atoms with Crippen LogP contribution in [0.2, 0.25) is 0 Å². The van der Waals surface area contributed by atoms with E-state index in [1.807, 2.05) is 12.1 Å². The van der Waals surface area contributed by atoms with E-state index in [0.717, 1.165) is 39.0 Å². The second-order valence-electron chi connectivity index (χ2n) is 18.8. The van der Waals surface area contributed by atoms with E-state index < -0.39 is 0 Å². The first kappa shape index (κ1) is 41.2. The molecule has 0 saturated heterocycles. The maximum atomic E-state index is 5.15. The van der Waals surface area contributed by atoms with E-state index in [1.165, 1.54) is 71.9 Å². The van der Waals surface area contributed by atoms with Gasteiger partial charge in [0.1, 0.15) is 0 Å². The highest BCUT2D eigenvalue weighted by Gasteiger charge is 2.35. The summed E-state index contributed by atoms with van der Waals surface area (Å²) < 4.78 is 2.42. The summed E-state index contributed by atoms with van der Waals surface area (Å²) in [5.74, 6) is 1.86. The summed E-state index contributed by atoms with van der Waals surface area (Å²) in [6, 6.07) is 86.9. The van der Waals surface area contributed by atoms with Crippen molar-refractivity contribution in [3.63, 3.8) is 0 Å². The molecule has 0 saturated carbocycles. The van der Waals surface area contributed by atoms with Crippen molar-refractivity contribution >= 4 is 21.8 Å². The number of hydrogen-bond donors (Lipinski definition) is 0. The number of fused-ring (bicyclic) bond motifs is 6. The van der Waals surface area contributed by atoms with Gasteiger partial charge in [-0.1, -0.05) is 214 Å². The van der Waals surface area contributed by atoms with Crippen LogP contribution in [0, 0.1) is 0 Å². The molecule has 70 heavy (non-hydrogen) atoms. The lowest BCUT2D eigenvalue weighted by molar-refractivity contribution is 0.660. The van der Waals surface area contributed by atoms with Crippen LogP contribution < -0.4 is 0 Å². The molecule has 0 atom stereocenters. The first-order valence-corrected chi connectivity index (χ1v) is 24.0. The van der Waals surface area contributed by atoms with Crippen molar-refractivity contribution in [3.8, 4) is 95.5 Å². The van der Waals surface area contributed by atoms with Crippen molar-refractivity contribution in [2.24, 2.45) is 0 Å². The van der Waals surface area contributed by atoms with Gasteiger partial charge < -0.3 is 4.57 Å². The number of rotatable bonds is 8. The van der Waals surface area contributed by atoms with Gasteiger partial charge in [0.05, 0.1) is 11.0 Å². The van der Waals surface area contributed by atoms with E-state index in [-0.39, 0.29) is 5.41 Å². The van der Waals surface area contributed by atoms with E-state index in [2.05, 4.69) is 249 Å². The Hall–Kier alpha value is -8.99. The highest BCUT2D eigenvalue weighted by molar-refractivity contribution is 6.14. The Bertz CT molecular complexity index is 3820. The molecule has 2 aromatic heterocycles. The van der Waals surface area contributed by atoms with E-state index in [1.54, 1.807) is 0 Å². The lowest BCUT2D eigenvalue weighted by atomic mass is 9.81. The van der Waals surface area contributed by atoms with E-state index >= 15 is 0 Å². The fourth-order valence-corrected chi connectivity index (χ4v) is 10.7. The maximum absolute atomic E-state index is 5.15. The van der Waals surface area contributed by atoms with Crippen LogP contribution in [0.3, 0.4) is 0 Å². The van der Waals surface area contributed by atoms with E-state index in [9.17, 15) is 0 Å². The number of nitrogens with zero attached hydrogens (tertiary/aromatic N) is 4. The average Bonchev–Trinajstić information content (AvgIpc) is 3.89. The molecule has 4 nitrogen and oxygen atoms in total. The monoisotopic (exact) mass is 894 g/mol. The molecule has 1 aliphatic rings. The summed E-state index contributed by atoms with van der Waals surface area (Å²) in [6.07, 6.45) is 0. The molecule has 12 aromatic rings. The van der Waals surface area contributed by atoms with Crippen molar-refractivity contribution in [2.45, 2.75) is 19.3 Å². The third kappa shape index (κ3) is 7.03. The molecule has 2 heterocycles. The summed E-state index contributed by atoms with van der Waals surface area (Å²) >= 11 is 0. The molecule has 4 heteroatoms. The van der Waals surface area contributed by atoms with Crippen LogP contribution in [0.1, 0.15) is 25.0 Å². The SMILES string of the molecule is CC1(C)c2ccccc2-c2ccc(-c3cccc(-c4cccc5c6ccccc6n(-c6ccc(-c7nc(-c8ccc(-c9ccccc9)cc8)nc(-c8ccc(-c9ccccc9)cc8)n7)cc6)c45)c3)cc21. The Morgan fingerprint density at radius 3 is 1.37 bits per heavy atom. The minimum absolute atomic E-state index is 0.0695. The summed E-state index contributed by atoms with van der Waals surface area (Å²) in [5.41, 5.74) is 20.9. The quantitative estimate of drug-likeness (QED) is 0.153. The molecule has 330 valence electrons. The molecule has 0 aliphatic heterocycles. The van der Waals surface area contributed by atoms with Gasteiger partial charge in [0, 0.05) is 44.1 Å². The maximum Gasteiger partial charge on any atom is 0.164 e. The molecule has 0 spiro atoms. The van der Waals surface area contributed by atoms with Crippen molar-refractivity contribution < 1.29 is 0 Å². The second-order valence-corrected chi connectivity index (χ2v) is 18.8. The predicted octanol–water partition coefficient (Wildman–Crippen LogP) is 16.9. The van der Waals surface area contributed by atoms with Gasteiger partial charge >= 0.3 is 0 Å². The van der Waals surface area contributed by atoms with Gasteiger partial charge in [-0.3, -0.25) is 0 Å². The number of para-hydroxylation sites is 2. The van der Waals surface area contributed by atoms with Crippen LogP contribution in [-0.4, -0.2) is 19.5 Å². The van der Waals surface area contributed by atoms with Crippen LogP contribution in [0.4, 0.5) is 0 Å². The van der Waals surface area contributed by atoms with E-state index in [0.29, 0.717) is 17.5 Å². The van der Waals surface area contributed by atoms with Crippen molar-refractivity contribution in [2.75, 3.05) is 0 Å². The molecule has 0 amide bonds. The summed E-state index contributed by atoms with van der Waals surface area (Å²) in [5, 5.41) is 2.42. The van der Waals surface area contributed by atoms with Crippen LogP contribution in [0.5, 0.6) is 0 Å². The molecule has 13 rings (SSSR count). The summed E-state index contributed by atoms with van der Waals surface area (Å²) in [4.78, 5) is 15.4. The zero-order chi connectivity index (χ0) is 46.8. The van der Waals surface area contributed by atoms with Gasteiger partial charge in [0.15, 0.2) is 17.5 Å². The number of hydrogen-bond acceptors (Lipinski definition) is 3. The van der Waals surface area contributed by atoms with Crippen molar-refractivity contribution in [1.82, 2.24) is 19.5 Å². The van der Waals surface area contributed by atoms with Gasteiger partial charge in [-0.2, -0.15) is 0 Å². The topological polar surface area (TPSA) is 43.6 Å². The molecular weight excluding hydrogens is 849 g/mol. The smallest absolute Gasteiger partial charge is 0.164 e. The Morgan fingerprint density at radius 1 is 0.300 bits per heavy atom. The number of aromatic nitrogens is 4. The zero-order valence-electron chi connectivity index (χ0n) is 38.9. The normalized spacial score (nSPS) is 12.5. The van der Waals surface area contributed by atoms with Crippen molar-refractivity contribution in [3.05, 3.63) is 254 Å². The minimum Gasteiger partial charge on any atom is -0.309 e. The van der Waals surface area contributed by atoms with Gasteiger partial charge in [-0.25, -0.2) is 15.0 Å². The average molecular weight is 895 g/mol. The summed E-state index contributed by atoms with van der Waals surface area (Å²) in [6.45, 7) is 4.70. The number of benzene rings is 10. The Kier molecular flexibility index (Phi) is 9.81. The molecular formula is C66H46N4. The van der Waals surface area contributed by atoms with Crippen molar-refractivity contribution in [1.29, 1.82) is 0 Å². The van der Waals surface area contributed by atoms with Gasteiger partial charge in [-0.05, 0) is 104 Å². The van der Waals surface area contributed by atoms with Crippen LogP contribution in [0.25, 0.3) is 117 Å². The first-order valence-electron chi connectivity index (χ1n) is 24.0. The molecule has 10 aromatic carbocycles. The third-order valence-corrected chi connectivity index (χ3v) is 14.3. The lowest BCUT2D eigenvalue weighted by Crippen LogP contribution is -2.14. The summed E-state index contributed by atoms with van der Waals surface area (Å²) in [7, 11) is 0. The van der Waals surface area contributed by atoms with Crippen LogP contribution in [0.15, 0.2) is 243 Å². The molecule has 0 unspecified atom stereocenters. The first-order chi connectivity index (χ1) is 34.4. The highest BCUT2D eigenvalue weighted by Crippen LogP contribution is 2.50. The van der Waals surface area contributed by atoms with Crippen LogP contribution >= 0.6 is 0 Å². The van der Waals surface area contributed by atoms with Crippen LogP contribution in [-0.2, 0) is 5.41 Å². The fraction of sp³-hybridized carbons (Fsp3) is 0.0455. The minimum atomic E-state index is -0.0695. The highest BCUT2D eigenvalue weighted by atomic mass is 15.0. The fourth-order valence-electron chi connectivity index (χ4n) is 10.7. The van der Waals surface area contributed by atoms with E-state index in [4.69, 9.17) is 15.0 Å². The molecule has 0 N–H and O–H groups in total. The molecule has 0 radical (unpaired) electrons. The predicted molar refractivity (Wildman–Crippen MR) is 290 cm³/mol. The second kappa shape index (κ2) is 16.7. The molecule has 0 fully saturated rings. The Morgan fingerprint density at radius 2 is 0.729 bits per heavy atom. The lowest BCUT2D eigenvalue weighted by Gasteiger charge is -2.22. The van der Waals surface area contributed by atoms with Gasteiger partial charge in [0.2, 0.25) is 0 Å². The van der Waals surface area contributed by atoms with Gasteiger partial charge in [-0.15, -0.1) is 0 Å². The zero-order valence-corrected chi connectivity index (χ0v) is 38.9. The Labute approximate surface area is 407 Å². The molecule has 0 bridgehead atoms.